The Labute approximate surface area is 153 Å². The average molecular weight is 489 g/mol. The number of benzene rings is 2. The van der Waals surface area contributed by atoms with Crippen molar-refractivity contribution in [1.29, 1.82) is 0 Å². The van der Waals surface area contributed by atoms with Gasteiger partial charge in [0.15, 0.2) is 0 Å². The van der Waals surface area contributed by atoms with E-state index in [2.05, 4.69) is 40.2 Å². The largest absolute Gasteiger partial charge is 0.476 e. The van der Waals surface area contributed by atoms with E-state index < -0.39 is 0 Å². The van der Waals surface area contributed by atoms with Gasteiger partial charge >= 0.3 is 0 Å². The minimum atomic E-state index is 0. The molecule has 0 saturated heterocycles. The Morgan fingerprint density at radius 2 is 1.75 bits per heavy atom. The van der Waals surface area contributed by atoms with Gasteiger partial charge in [-0.25, -0.2) is 0 Å². The maximum atomic E-state index is 4.78. The van der Waals surface area contributed by atoms with E-state index >= 15 is 0 Å². The van der Waals surface area contributed by atoms with Gasteiger partial charge in [0.1, 0.15) is 5.84 Å². The number of hydrazone groups is 1. The molecule has 24 heavy (non-hydrogen) atoms. The van der Waals surface area contributed by atoms with E-state index in [-0.39, 0.29) is 20.1 Å². The predicted octanol–water partition coefficient (Wildman–Crippen LogP) is 3.67. The minimum Gasteiger partial charge on any atom is -0.476 e. The Balaban J connectivity index is 0.00000146. The summed E-state index contributed by atoms with van der Waals surface area (Å²) in [5.74, 6) is 0.916. The monoisotopic (exact) mass is 489 g/mol. The molecular formula is C19H12IrN4-2. The maximum absolute atomic E-state index is 4.78. The minimum absolute atomic E-state index is 0. The summed E-state index contributed by atoms with van der Waals surface area (Å²) in [4.78, 5) is 6.27. The third kappa shape index (κ3) is 2.17. The third-order valence-electron chi connectivity index (χ3n) is 4.10. The van der Waals surface area contributed by atoms with Crippen LogP contribution in [0.4, 0.5) is 11.4 Å². The fraction of sp³-hybridized carbons (Fsp3) is 0. The molecule has 0 amide bonds. The standard InChI is InChI=1S/C19H12N4.Ir/c1-2-9-17-15(7-1)16-8-3-4-10-18(16)22-13-23(21-19(17)22)14-6-5-11-20-12-14;/h1-9,11-13H;/q-2;. The molecule has 119 valence electrons. The third-order valence-corrected chi connectivity index (χ3v) is 4.10. The fourth-order valence-corrected chi connectivity index (χ4v) is 3.06. The summed E-state index contributed by atoms with van der Waals surface area (Å²) in [7, 11) is 0. The molecule has 5 rings (SSSR count). The molecule has 0 N–H and O–H groups in total. The van der Waals surface area contributed by atoms with Crippen molar-refractivity contribution in [3.05, 3.63) is 85.3 Å². The van der Waals surface area contributed by atoms with Crippen molar-refractivity contribution in [2.75, 3.05) is 9.91 Å². The van der Waals surface area contributed by atoms with Crippen LogP contribution in [0, 0.1) is 12.7 Å². The number of pyridine rings is 1. The summed E-state index contributed by atoms with van der Waals surface area (Å²) in [6.45, 7) is 1.98. The van der Waals surface area contributed by atoms with Gasteiger partial charge in [0.05, 0.1) is 0 Å². The molecule has 2 aliphatic rings. The number of anilines is 2. The second-order valence-corrected chi connectivity index (χ2v) is 5.44. The molecule has 0 spiro atoms. The van der Waals surface area contributed by atoms with E-state index in [9.17, 15) is 0 Å². The second-order valence-electron chi connectivity index (χ2n) is 5.44. The maximum Gasteiger partial charge on any atom is 0.127 e. The molecule has 0 fully saturated rings. The van der Waals surface area contributed by atoms with Gasteiger partial charge in [-0.1, -0.05) is 35.5 Å². The summed E-state index contributed by atoms with van der Waals surface area (Å²) >= 11 is 0. The van der Waals surface area contributed by atoms with Crippen LogP contribution in [0.1, 0.15) is 5.56 Å². The number of rotatable bonds is 1. The quantitative estimate of drug-likeness (QED) is 0.490. The molecule has 1 radical (unpaired) electrons. The van der Waals surface area contributed by atoms with Crippen LogP contribution in [0.5, 0.6) is 0 Å². The Morgan fingerprint density at radius 1 is 0.917 bits per heavy atom. The van der Waals surface area contributed by atoms with E-state index in [1.165, 1.54) is 11.1 Å². The van der Waals surface area contributed by atoms with Crippen LogP contribution in [-0.4, -0.2) is 10.8 Å². The first-order chi connectivity index (χ1) is 11.4. The zero-order valence-electron chi connectivity index (χ0n) is 12.6. The molecule has 5 heteroatoms. The van der Waals surface area contributed by atoms with Crippen LogP contribution in [0.3, 0.4) is 0 Å². The summed E-state index contributed by atoms with van der Waals surface area (Å²) in [6, 6.07) is 21.7. The number of fused-ring (bicyclic) bond motifs is 6. The van der Waals surface area contributed by atoms with Gasteiger partial charge in [0, 0.05) is 43.7 Å². The number of aromatic nitrogens is 1. The Hall–Kier alpha value is -2.49. The van der Waals surface area contributed by atoms with Crippen LogP contribution in [0.25, 0.3) is 11.1 Å². The first-order valence-electron chi connectivity index (χ1n) is 7.44. The molecule has 1 aromatic heterocycles. The smallest absolute Gasteiger partial charge is 0.127 e. The first-order valence-corrected chi connectivity index (χ1v) is 7.44. The van der Waals surface area contributed by atoms with Crippen molar-refractivity contribution in [2.24, 2.45) is 5.10 Å². The Kier molecular flexibility index (Phi) is 3.68. The number of hydrogen-bond donors (Lipinski definition) is 0. The summed E-state index contributed by atoms with van der Waals surface area (Å²) < 4.78 is 0. The first kappa shape index (κ1) is 15.1. The normalized spacial score (nSPS) is 14.2. The van der Waals surface area contributed by atoms with Gasteiger partial charge in [0.25, 0.3) is 0 Å². The molecule has 3 heterocycles. The molecule has 0 saturated carbocycles. The van der Waals surface area contributed by atoms with Crippen LogP contribution >= 0.6 is 0 Å². The van der Waals surface area contributed by atoms with Crippen molar-refractivity contribution >= 4 is 17.2 Å². The fourth-order valence-electron chi connectivity index (χ4n) is 3.06. The van der Waals surface area contributed by atoms with Crippen molar-refractivity contribution < 1.29 is 20.1 Å². The van der Waals surface area contributed by atoms with Gasteiger partial charge < -0.3 is 9.91 Å². The van der Waals surface area contributed by atoms with Crippen molar-refractivity contribution in [3.63, 3.8) is 0 Å². The van der Waals surface area contributed by atoms with Crippen LogP contribution < -0.4 is 9.91 Å². The van der Waals surface area contributed by atoms with Gasteiger partial charge in [-0.2, -0.15) is 29.4 Å². The topological polar surface area (TPSA) is 31.7 Å². The molecular weight excluding hydrogens is 476 g/mol. The van der Waals surface area contributed by atoms with E-state index in [0.717, 1.165) is 22.8 Å². The number of amidine groups is 1. The molecule has 0 bridgehead atoms. The van der Waals surface area contributed by atoms with Crippen molar-refractivity contribution in [1.82, 2.24) is 4.98 Å². The number of hydrogen-bond acceptors (Lipinski definition) is 4. The van der Waals surface area contributed by atoms with Crippen molar-refractivity contribution in [2.45, 2.75) is 0 Å². The summed E-state index contributed by atoms with van der Waals surface area (Å²) in [5.41, 5.74) is 5.45. The zero-order chi connectivity index (χ0) is 15.2. The molecule has 4 nitrogen and oxygen atoms in total. The van der Waals surface area contributed by atoms with E-state index in [1.807, 2.05) is 42.0 Å². The molecule has 0 atom stereocenters. The van der Waals surface area contributed by atoms with Gasteiger partial charge in [-0.15, -0.1) is 12.2 Å². The summed E-state index contributed by atoms with van der Waals surface area (Å²) in [6.07, 6.45) is 3.57. The Bertz CT molecular complexity index is 923. The number of para-hydroxylation sites is 1. The van der Waals surface area contributed by atoms with Gasteiger partial charge in [0.2, 0.25) is 0 Å². The van der Waals surface area contributed by atoms with E-state index in [0.29, 0.717) is 0 Å². The van der Waals surface area contributed by atoms with Crippen LogP contribution in [0.15, 0.2) is 72.1 Å². The van der Waals surface area contributed by atoms with Gasteiger partial charge in [-0.3, -0.25) is 4.98 Å². The van der Waals surface area contributed by atoms with E-state index in [4.69, 9.17) is 5.10 Å². The zero-order valence-corrected chi connectivity index (χ0v) is 14.9. The Morgan fingerprint density at radius 3 is 2.58 bits per heavy atom. The second kappa shape index (κ2) is 5.86. The van der Waals surface area contributed by atoms with Crippen LogP contribution in [-0.2, 0) is 20.1 Å². The number of nitrogens with zero attached hydrogens (tertiary/aromatic N) is 4. The van der Waals surface area contributed by atoms with Gasteiger partial charge in [-0.05, 0) is 12.1 Å². The molecule has 2 aliphatic heterocycles. The molecule has 0 unspecified atom stereocenters. The van der Waals surface area contributed by atoms with Crippen molar-refractivity contribution in [3.8, 4) is 11.1 Å². The SMILES string of the molecule is [Ir].[c-]1cccc2c1N1[CH-]N(c3cccnc3)N=C1c1ccccc1-2. The van der Waals surface area contributed by atoms with E-state index in [1.54, 1.807) is 12.4 Å². The van der Waals surface area contributed by atoms with Crippen LogP contribution in [0.2, 0.25) is 0 Å². The molecule has 2 aromatic carbocycles. The summed E-state index contributed by atoms with van der Waals surface area (Å²) in [5, 5.41) is 6.64. The molecule has 3 aromatic rings. The predicted molar refractivity (Wildman–Crippen MR) is 90.7 cm³/mol. The average Bonchev–Trinajstić information content (AvgIpc) is 3.09. The molecule has 0 aliphatic carbocycles.